The summed E-state index contributed by atoms with van der Waals surface area (Å²) in [6.45, 7) is 2.00. The van der Waals surface area contributed by atoms with Gasteiger partial charge in [0.2, 0.25) is 0 Å². The first-order valence-corrected chi connectivity index (χ1v) is 7.69. The maximum atomic E-state index is 12.1. The lowest BCUT2D eigenvalue weighted by Crippen LogP contribution is -2.31. The molecule has 23 heavy (non-hydrogen) atoms. The van der Waals surface area contributed by atoms with E-state index in [2.05, 4.69) is 23.5 Å². The second-order valence-electron chi connectivity index (χ2n) is 5.46. The summed E-state index contributed by atoms with van der Waals surface area (Å²) < 4.78 is 5.48. The van der Waals surface area contributed by atoms with Gasteiger partial charge < -0.3 is 10.1 Å². The van der Waals surface area contributed by atoms with Gasteiger partial charge in [0.15, 0.2) is 6.61 Å². The van der Waals surface area contributed by atoms with E-state index in [1.807, 2.05) is 61.5 Å². The van der Waals surface area contributed by atoms with Gasteiger partial charge >= 0.3 is 0 Å². The lowest BCUT2D eigenvalue weighted by atomic mass is 10.00. The third-order valence-electron chi connectivity index (χ3n) is 3.78. The molecule has 0 bridgehead atoms. The Hall–Kier alpha value is -2.81. The molecule has 1 atom stereocenters. The van der Waals surface area contributed by atoms with Crippen LogP contribution >= 0.6 is 0 Å². The van der Waals surface area contributed by atoms with Crippen molar-refractivity contribution >= 4 is 16.7 Å². The maximum absolute atomic E-state index is 12.1. The summed E-state index contributed by atoms with van der Waals surface area (Å²) in [5.41, 5.74) is 1.11. The van der Waals surface area contributed by atoms with Gasteiger partial charge in [0.25, 0.3) is 5.91 Å². The fourth-order valence-electron chi connectivity index (χ4n) is 2.65. The second kappa shape index (κ2) is 6.97. The number of nitrogens with one attached hydrogen (secondary N) is 1. The molecule has 1 amide bonds. The quantitative estimate of drug-likeness (QED) is 0.771. The first-order valence-electron chi connectivity index (χ1n) is 7.69. The van der Waals surface area contributed by atoms with Gasteiger partial charge in [-0.3, -0.25) is 4.79 Å². The van der Waals surface area contributed by atoms with Crippen molar-refractivity contribution in [1.29, 1.82) is 0 Å². The Morgan fingerprint density at radius 1 is 0.957 bits per heavy atom. The zero-order valence-electron chi connectivity index (χ0n) is 13.0. The fraction of sp³-hybridized carbons (Fsp3) is 0.150. The molecule has 116 valence electrons. The van der Waals surface area contributed by atoms with Gasteiger partial charge in [0, 0.05) is 0 Å². The predicted molar refractivity (Wildman–Crippen MR) is 92.4 cm³/mol. The number of hydrogen-bond donors (Lipinski definition) is 1. The first-order chi connectivity index (χ1) is 11.2. The van der Waals surface area contributed by atoms with Gasteiger partial charge in [0.1, 0.15) is 5.75 Å². The number of benzene rings is 3. The van der Waals surface area contributed by atoms with Crippen LogP contribution in [-0.2, 0) is 4.79 Å². The molecule has 0 aromatic heterocycles. The predicted octanol–water partition coefficient (Wildman–Crippen LogP) is 4.10. The van der Waals surface area contributed by atoms with Gasteiger partial charge in [-0.15, -0.1) is 0 Å². The van der Waals surface area contributed by atoms with Crippen LogP contribution in [0.5, 0.6) is 5.75 Å². The van der Waals surface area contributed by atoms with Crippen molar-refractivity contribution in [2.24, 2.45) is 0 Å². The van der Waals surface area contributed by atoms with Gasteiger partial charge in [0.05, 0.1) is 6.04 Å². The second-order valence-corrected chi connectivity index (χ2v) is 5.46. The van der Waals surface area contributed by atoms with Crippen LogP contribution < -0.4 is 10.1 Å². The van der Waals surface area contributed by atoms with Crippen molar-refractivity contribution in [3.05, 3.63) is 78.4 Å². The molecule has 0 saturated carbocycles. The molecule has 0 spiro atoms. The van der Waals surface area contributed by atoms with E-state index in [-0.39, 0.29) is 18.6 Å². The Morgan fingerprint density at radius 3 is 2.48 bits per heavy atom. The Bertz CT molecular complexity index is 794. The molecule has 1 N–H and O–H groups in total. The Balaban J connectivity index is 1.66. The van der Waals surface area contributed by atoms with Gasteiger partial charge in [-0.1, -0.05) is 60.7 Å². The highest BCUT2D eigenvalue weighted by molar-refractivity contribution is 5.87. The molecule has 1 unspecified atom stereocenters. The summed E-state index contributed by atoms with van der Waals surface area (Å²) in [7, 11) is 0. The molecule has 0 aliphatic carbocycles. The van der Waals surface area contributed by atoms with E-state index in [4.69, 9.17) is 4.74 Å². The van der Waals surface area contributed by atoms with Crippen LogP contribution in [0.25, 0.3) is 10.8 Å². The summed E-state index contributed by atoms with van der Waals surface area (Å²) in [5, 5.41) is 5.33. The van der Waals surface area contributed by atoms with E-state index in [1.54, 1.807) is 0 Å². The standard InChI is InChI=1S/C20H19NO2/c1-15(18-13-7-9-16-8-5-6-12-19(16)18)21-20(22)14-23-17-10-3-2-4-11-17/h2-13,15H,14H2,1H3,(H,21,22). The van der Waals surface area contributed by atoms with E-state index in [0.29, 0.717) is 5.75 Å². The van der Waals surface area contributed by atoms with Crippen molar-refractivity contribution < 1.29 is 9.53 Å². The summed E-state index contributed by atoms with van der Waals surface area (Å²) in [4.78, 5) is 12.1. The summed E-state index contributed by atoms with van der Waals surface area (Å²) >= 11 is 0. The van der Waals surface area contributed by atoms with Crippen molar-refractivity contribution in [2.45, 2.75) is 13.0 Å². The van der Waals surface area contributed by atoms with Gasteiger partial charge in [-0.25, -0.2) is 0 Å². The number of amides is 1. The third kappa shape index (κ3) is 3.69. The number of hydrogen-bond acceptors (Lipinski definition) is 2. The van der Waals surface area contributed by atoms with Crippen molar-refractivity contribution in [3.63, 3.8) is 0 Å². The Morgan fingerprint density at radius 2 is 1.65 bits per heavy atom. The van der Waals surface area contributed by atoms with E-state index in [0.717, 1.165) is 10.9 Å². The minimum Gasteiger partial charge on any atom is -0.484 e. The molecule has 0 aliphatic rings. The Labute approximate surface area is 135 Å². The number of rotatable bonds is 5. The van der Waals surface area contributed by atoms with Crippen LogP contribution in [0.4, 0.5) is 0 Å². The fourth-order valence-corrected chi connectivity index (χ4v) is 2.65. The van der Waals surface area contributed by atoms with E-state index in [9.17, 15) is 4.79 Å². The largest absolute Gasteiger partial charge is 0.484 e. The molecule has 0 aliphatic heterocycles. The van der Waals surface area contributed by atoms with Gasteiger partial charge in [-0.05, 0) is 35.4 Å². The molecular formula is C20H19NO2. The molecule has 3 aromatic rings. The van der Waals surface area contributed by atoms with Gasteiger partial charge in [-0.2, -0.15) is 0 Å². The number of fused-ring (bicyclic) bond motifs is 1. The topological polar surface area (TPSA) is 38.3 Å². The average molecular weight is 305 g/mol. The molecular weight excluding hydrogens is 286 g/mol. The number of para-hydroxylation sites is 1. The summed E-state index contributed by atoms with van der Waals surface area (Å²) in [6, 6.07) is 23.6. The lowest BCUT2D eigenvalue weighted by molar-refractivity contribution is -0.123. The molecule has 3 rings (SSSR count). The van der Waals surface area contributed by atoms with Crippen LogP contribution in [0, 0.1) is 0 Å². The van der Waals surface area contributed by atoms with E-state index >= 15 is 0 Å². The average Bonchev–Trinajstić information content (AvgIpc) is 2.60. The summed E-state index contributed by atoms with van der Waals surface area (Å²) in [6.07, 6.45) is 0. The molecule has 3 aromatic carbocycles. The number of ether oxygens (including phenoxy) is 1. The minimum atomic E-state index is -0.130. The molecule has 0 radical (unpaired) electrons. The normalized spacial score (nSPS) is 11.9. The highest BCUT2D eigenvalue weighted by Gasteiger charge is 2.12. The van der Waals surface area contributed by atoms with Crippen molar-refractivity contribution in [1.82, 2.24) is 5.32 Å². The van der Waals surface area contributed by atoms with Crippen LogP contribution in [0.3, 0.4) is 0 Å². The third-order valence-corrected chi connectivity index (χ3v) is 3.78. The SMILES string of the molecule is CC(NC(=O)COc1ccccc1)c1cccc2ccccc12. The molecule has 3 nitrogen and oxygen atoms in total. The van der Waals surface area contributed by atoms with Crippen molar-refractivity contribution in [3.8, 4) is 5.75 Å². The van der Waals surface area contributed by atoms with Crippen LogP contribution in [0.1, 0.15) is 18.5 Å². The van der Waals surface area contributed by atoms with Crippen LogP contribution in [-0.4, -0.2) is 12.5 Å². The molecule has 0 heterocycles. The minimum absolute atomic E-state index is 0.0130. The smallest absolute Gasteiger partial charge is 0.258 e. The molecule has 3 heteroatoms. The van der Waals surface area contributed by atoms with Crippen molar-refractivity contribution in [2.75, 3.05) is 6.61 Å². The summed E-state index contributed by atoms with van der Waals surface area (Å²) in [5.74, 6) is 0.565. The van der Waals surface area contributed by atoms with Crippen LogP contribution in [0.15, 0.2) is 72.8 Å². The monoisotopic (exact) mass is 305 g/mol. The highest BCUT2D eigenvalue weighted by Crippen LogP contribution is 2.23. The lowest BCUT2D eigenvalue weighted by Gasteiger charge is -2.17. The number of carbonyl (C=O) groups excluding carboxylic acids is 1. The number of carbonyl (C=O) groups is 1. The zero-order valence-corrected chi connectivity index (χ0v) is 13.0. The zero-order chi connectivity index (χ0) is 16.1. The van der Waals surface area contributed by atoms with Crippen LogP contribution in [0.2, 0.25) is 0 Å². The first kappa shape index (κ1) is 15.1. The maximum Gasteiger partial charge on any atom is 0.258 e. The highest BCUT2D eigenvalue weighted by atomic mass is 16.5. The Kier molecular flexibility index (Phi) is 4.57. The molecule has 0 saturated heterocycles. The molecule has 0 fully saturated rings. The van der Waals surface area contributed by atoms with E-state index < -0.39 is 0 Å². The van der Waals surface area contributed by atoms with E-state index in [1.165, 1.54) is 5.39 Å².